The largest absolute Gasteiger partial charge is 0.340 e. The lowest BCUT2D eigenvalue weighted by atomic mass is 10.0. The van der Waals surface area contributed by atoms with Gasteiger partial charge in [-0.1, -0.05) is 31.2 Å². The number of benzene rings is 2. The molecule has 2 aromatic heterocycles. The van der Waals surface area contributed by atoms with Crippen molar-refractivity contribution in [1.29, 1.82) is 0 Å². The maximum atomic E-state index is 13.2. The van der Waals surface area contributed by atoms with Crippen LogP contribution in [0.15, 0.2) is 54.6 Å². The molecule has 184 valence electrons. The topological polar surface area (TPSA) is 125 Å². The first-order valence-corrected chi connectivity index (χ1v) is 11.9. The van der Waals surface area contributed by atoms with Gasteiger partial charge in [-0.2, -0.15) is 10.2 Å². The van der Waals surface area contributed by atoms with Crippen LogP contribution >= 0.6 is 0 Å². The summed E-state index contributed by atoms with van der Waals surface area (Å²) in [4.78, 5) is 24.5. The normalized spacial score (nSPS) is 12.8. The number of H-pyrrole nitrogens is 1. The third kappa shape index (κ3) is 5.62. The van der Waals surface area contributed by atoms with Gasteiger partial charge >= 0.3 is 6.03 Å². The number of carbonyl (C=O) groups is 1. The number of rotatable bonds is 9. The van der Waals surface area contributed by atoms with Crippen LogP contribution in [0.3, 0.4) is 0 Å². The van der Waals surface area contributed by atoms with Gasteiger partial charge in [0.25, 0.3) is 0 Å². The lowest BCUT2D eigenvalue weighted by Gasteiger charge is -2.23. The minimum Gasteiger partial charge on any atom is -0.340 e. The number of urea groups is 1. The van der Waals surface area contributed by atoms with Crippen molar-refractivity contribution in [1.82, 2.24) is 30.6 Å². The molecule has 0 atom stereocenters. The van der Waals surface area contributed by atoms with Gasteiger partial charge in [0.15, 0.2) is 0 Å². The molecule has 1 aliphatic rings. The number of carbonyl (C=O) groups excluding carboxylic acids is 1. The highest BCUT2D eigenvalue weighted by Crippen LogP contribution is 2.33. The molecule has 1 saturated carbocycles. The SMILES string of the molecule is CCCN(CC1CC1)c1nc(NC(=O)Nc2ccc(F)cc2)cc(-c2ccccc2-c2nn[nH]n2)n1. The fourth-order valence-corrected chi connectivity index (χ4v) is 3.92. The number of hydrogen-bond acceptors (Lipinski definition) is 7. The minimum atomic E-state index is -0.493. The van der Waals surface area contributed by atoms with Crippen LogP contribution in [0.25, 0.3) is 22.6 Å². The molecule has 2 amide bonds. The molecule has 0 unspecified atom stereocenters. The zero-order chi connectivity index (χ0) is 24.9. The van der Waals surface area contributed by atoms with Crippen molar-refractivity contribution in [3.63, 3.8) is 0 Å². The van der Waals surface area contributed by atoms with E-state index in [9.17, 15) is 9.18 Å². The number of nitrogens with zero attached hydrogens (tertiary/aromatic N) is 6. The van der Waals surface area contributed by atoms with E-state index in [1.54, 1.807) is 6.07 Å². The second-order valence-corrected chi connectivity index (χ2v) is 8.69. The summed E-state index contributed by atoms with van der Waals surface area (Å²) in [5.41, 5.74) is 2.62. The van der Waals surface area contributed by atoms with E-state index in [0.717, 1.165) is 30.6 Å². The Morgan fingerprint density at radius 1 is 1.08 bits per heavy atom. The summed E-state index contributed by atoms with van der Waals surface area (Å²) in [7, 11) is 0. The highest BCUT2D eigenvalue weighted by molar-refractivity contribution is 5.99. The molecule has 11 heteroatoms. The lowest BCUT2D eigenvalue weighted by Crippen LogP contribution is -2.29. The first-order chi connectivity index (χ1) is 17.6. The van der Waals surface area contributed by atoms with Crippen LogP contribution in [-0.2, 0) is 0 Å². The van der Waals surface area contributed by atoms with Gasteiger partial charge in [0.1, 0.15) is 11.6 Å². The first kappa shape index (κ1) is 23.3. The standard InChI is InChI=1S/C25H26FN9O/c1-2-13-35(15-16-7-8-16)24-28-21(19-5-3-4-6-20(19)23-31-33-34-32-23)14-22(29-24)30-25(36)27-18-11-9-17(26)10-12-18/h3-6,9-12,14,16H,2,7-8,13,15H2,1H3,(H,31,32,33,34)(H2,27,28,29,30,36). The number of halogens is 1. The van der Waals surface area contributed by atoms with E-state index in [0.29, 0.717) is 34.9 Å². The molecule has 5 rings (SSSR count). The summed E-state index contributed by atoms with van der Waals surface area (Å²) in [5, 5.41) is 19.9. The van der Waals surface area contributed by atoms with Crippen molar-refractivity contribution < 1.29 is 9.18 Å². The number of aromatic nitrogens is 6. The smallest absolute Gasteiger partial charge is 0.324 e. The molecule has 1 aliphatic carbocycles. The summed E-state index contributed by atoms with van der Waals surface area (Å²) in [5.74, 6) is 1.58. The Balaban J connectivity index is 1.50. The third-order valence-electron chi connectivity index (χ3n) is 5.80. The Morgan fingerprint density at radius 3 is 2.56 bits per heavy atom. The Bertz CT molecular complexity index is 1320. The molecular weight excluding hydrogens is 461 g/mol. The van der Waals surface area contributed by atoms with E-state index >= 15 is 0 Å². The average molecular weight is 488 g/mol. The van der Waals surface area contributed by atoms with E-state index in [-0.39, 0.29) is 5.82 Å². The Morgan fingerprint density at radius 2 is 1.86 bits per heavy atom. The van der Waals surface area contributed by atoms with Crippen molar-refractivity contribution in [2.75, 3.05) is 28.6 Å². The molecule has 0 aliphatic heterocycles. The summed E-state index contributed by atoms with van der Waals surface area (Å²) in [6.45, 7) is 3.78. The summed E-state index contributed by atoms with van der Waals surface area (Å²) in [6.07, 6.45) is 3.34. The molecule has 0 bridgehead atoms. The van der Waals surface area contributed by atoms with Gasteiger partial charge < -0.3 is 10.2 Å². The Kier molecular flexibility index (Phi) is 6.78. The van der Waals surface area contributed by atoms with E-state index in [1.165, 1.54) is 37.1 Å². The second-order valence-electron chi connectivity index (χ2n) is 8.69. The van der Waals surface area contributed by atoms with Crippen molar-refractivity contribution >= 4 is 23.5 Å². The summed E-state index contributed by atoms with van der Waals surface area (Å²) >= 11 is 0. The zero-order valence-corrected chi connectivity index (χ0v) is 19.8. The lowest BCUT2D eigenvalue weighted by molar-refractivity contribution is 0.262. The van der Waals surface area contributed by atoms with Crippen LogP contribution in [0.1, 0.15) is 26.2 Å². The van der Waals surface area contributed by atoms with Crippen LogP contribution in [0.2, 0.25) is 0 Å². The molecule has 2 aromatic carbocycles. The van der Waals surface area contributed by atoms with Crippen molar-refractivity contribution in [2.24, 2.45) is 5.92 Å². The molecule has 0 radical (unpaired) electrons. The zero-order valence-electron chi connectivity index (χ0n) is 19.8. The molecule has 10 nitrogen and oxygen atoms in total. The van der Waals surface area contributed by atoms with Gasteiger partial charge in [-0.05, 0) is 54.7 Å². The predicted octanol–water partition coefficient (Wildman–Crippen LogP) is 4.73. The molecule has 0 spiro atoms. The number of anilines is 3. The molecule has 4 aromatic rings. The fraction of sp³-hybridized carbons (Fsp3) is 0.280. The molecule has 3 N–H and O–H groups in total. The molecule has 2 heterocycles. The molecule has 36 heavy (non-hydrogen) atoms. The van der Waals surface area contributed by atoms with Gasteiger partial charge in [-0.25, -0.2) is 14.2 Å². The Hall–Kier alpha value is -4.41. The van der Waals surface area contributed by atoms with Crippen LogP contribution in [0, 0.1) is 11.7 Å². The summed E-state index contributed by atoms with van der Waals surface area (Å²) < 4.78 is 13.2. The second kappa shape index (κ2) is 10.5. The minimum absolute atomic E-state index is 0.342. The van der Waals surface area contributed by atoms with Gasteiger partial charge in [0, 0.05) is 36.0 Å². The van der Waals surface area contributed by atoms with E-state index in [2.05, 4.69) is 48.1 Å². The van der Waals surface area contributed by atoms with Crippen LogP contribution in [-0.4, -0.2) is 49.7 Å². The third-order valence-corrected chi connectivity index (χ3v) is 5.80. The molecule has 0 saturated heterocycles. The number of nitrogens with one attached hydrogen (secondary N) is 3. The Labute approximate surface area is 207 Å². The average Bonchev–Trinajstić information content (AvgIpc) is 3.53. The van der Waals surface area contributed by atoms with Gasteiger partial charge in [-0.15, -0.1) is 10.2 Å². The highest BCUT2D eigenvalue weighted by Gasteiger charge is 2.26. The molecular formula is C25H26FN9O. The van der Waals surface area contributed by atoms with Crippen LogP contribution in [0.5, 0.6) is 0 Å². The van der Waals surface area contributed by atoms with Gasteiger partial charge in [0.2, 0.25) is 11.8 Å². The van der Waals surface area contributed by atoms with Gasteiger partial charge in [0.05, 0.1) is 5.69 Å². The highest BCUT2D eigenvalue weighted by atomic mass is 19.1. The summed E-state index contributed by atoms with van der Waals surface area (Å²) in [6, 6.07) is 14.4. The van der Waals surface area contributed by atoms with Crippen molar-refractivity contribution in [3.8, 4) is 22.6 Å². The monoisotopic (exact) mass is 487 g/mol. The van der Waals surface area contributed by atoms with Gasteiger partial charge in [-0.3, -0.25) is 5.32 Å². The fourth-order valence-electron chi connectivity index (χ4n) is 3.92. The maximum absolute atomic E-state index is 13.2. The van der Waals surface area contributed by atoms with Crippen molar-refractivity contribution in [2.45, 2.75) is 26.2 Å². The molecule has 1 fully saturated rings. The van der Waals surface area contributed by atoms with Crippen molar-refractivity contribution in [3.05, 3.63) is 60.4 Å². The van der Waals surface area contributed by atoms with Crippen LogP contribution in [0.4, 0.5) is 26.6 Å². The van der Waals surface area contributed by atoms with E-state index < -0.39 is 6.03 Å². The predicted molar refractivity (Wildman–Crippen MR) is 135 cm³/mol. The van der Waals surface area contributed by atoms with E-state index in [4.69, 9.17) is 4.98 Å². The maximum Gasteiger partial charge on any atom is 0.324 e. The number of amides is 2. The van der Waals surface area contributed by atoms with E-state index in [1.807, 2.05) is 24.3 Å². The number of aromatic amines is 1. The number of hydrogen-bond donors (Lipinski definition) is 3. The quantitative estimate of drug-likeness (QED) is 0.312. The first-order valence-electron chi connectivity index (χ1n) is 11.9. The van der Waals surface area contributed by atoms with Crippen LogP contribution < -0.4 is 15.5 Å². The number of tetrazole rings is 1.